The van der Waals surface area contributed by atoms with E-state index in [1.54, 1.807) is 18.7 Å². The van der Waals surface area contributed by atoms with E-state index in [1.807, 2.05) is 31.2 Å². The summed E-state index contributed by atoms with van der Waals surface area (Å²) in [7, 11) is 0. The molecule has 2 N–H and O–H groups in total. The van der Waals surface area contributed by atoms with Gasteiger partial charge in [0.1, 0.15) is 0 Å². The van der Waals surface area contributed by atoms with Crippen LogP contribution in [0, 0.1) is 5.92 Å². The van der Waals surface area contributed by atoms with Gasteiger partial charge in [-0.25, -0.2) is 0 Å². The average molecular weight is 226 g/mol. The topological polar surface area (TPSA) is 40.5 Å². The monoisotopic (exact) mass is 226 g/mol. The predicted octanol–water partition coefficient (Wildman–Crippen LogP) is 2.46. The summed E-state index contributed by atoms with van der Waals surface area (Å²) in [5, 5.41) is 18.2. The van der Waals surface area contributed by atoms with Gasteiger partial charge in [0, 0.05) is 17.3 Å². The normalized spacial score (nSPS) is 14.9. The summed E-state index contributed by atoms with van der Waals surface area (Å²) in [6.07, 6.45) is -0.402. The third kappa shape index (κ3) is 4.24. The molecule has 1 rings (SSSR count). The van der Waals surface area contributed by atoms with Crippen LogP contribution in [-0.2, 0) is 0 Å². The molecule has 2 nitrogen and oxygen atoms in total. The molecule has 1 aromatic carbocycles. The Morgan fingerprint density at radius 2 is 1.80 bits per heavy atom. The van der Waals surface area contributed by atoms with Gasteiger partial charge < -0.3 is 10.2 Å². The Kier molecular flexibility index (Phi) is 5.15. The largest absolute Gasteiger partial charge is 0.396 e. The molecule has 0 aliphatic heterocycles. The van der Waals surface area contributed by atoms with Gasteiger partial charge in [-0.15, -0.1) is 11.8 Å². The predicted molar refractivity (Wildman–Crippen MR) is 64.0 cm³/mol. The van der Waals surface area contributed by atoms with Gasteiger partial charge in [-0.2, -0.15) is 0 Å². The molecule has 1 aromatic rings. The second-order valence-corrected chi connectivity index (χ2v) is 4.94. The number of rotatable bonds is 5. The second kappa shape index (κ2) is 6.16. The first-order chi connectivity index (χ1) is 7.13. The van der Waals surface area contributed by atoms with Crippen molar-refractivity contribution in [3.05, 3.63) is 29.8 Å². The Balaban J connectivity index is 2.50. The molecule has 0 aromatic heterocycles. The molecule has 0 aliphatic carbocycles. The van der Waals surface area contributed by atoms with Crippen LogP contribution in [0.2, 0.25) is 0 Å². The van der Waals surface area contributed by atoms with Gasteiger partial charge in [0.05, 0.1) is 6.10 Å². The summed E-state index contributed by atoms with van der Waals surface area (Å²) in [5.74, 6) is 1.25. The molecule has 0 saturated carbocycles. The smallest absolute Gasteiger partial charge is 0.0761 e. The minimum atomic E-state index is -0.402. The Morgan fingerprint density at radius 1 is 1.20 bits per heavy atom. The lowest BCUT2D eigenvalue weighted by Crippen LogP contribution is -2.03. The molecule has 84 valence electrons. The maximum Gasteiger partial charge on any atom is 0.0761 e. The lowest BCUT2D eigenvalue weighted by molar-refractivity contribution is 0.199. The first-order valence-electron chi connectivity index (χ1n) is 5.15. The first kappa shape index (κ1) is 12.6. The van der Waals surface area contributed by atoms with Crippen molar-refractivity contribution in [2.45, 2.75) is 24.8 Å². The van der Waals surface area contributed by atoms with Gasteiger partial charge in [0.2, 0.25) is 0 Å². The van der Waals surface area contributed by atoms with Crippen molar-refractivity contribution in [2.24, 2.45) is 5.92 Å². The van der Waals surface area contributed by atoms with Crippen molar-refractivity contribution in [3.63, 3.8) is 0 Å². The number of aliphatic hydroxyl groups excluding tert-OH is 2. The first-order valence-corrected chi connectivity index (χ1v) is 6.13. The quantitative estimate of drug-likeness (QED) is 0.758. The van der Waals surface area contributed by atoms with E-state index in [4.69, 9.17) is 5.11 Å². The molecular formula is C12H18O2S. The van der Waals surface area contributed by atoms with Crippen LogP contribution in [0.5, 0.6) is 0 Å². The zero-order valence-electron chi connectivity index (χ0n) is 9.18. The molecule has 15 heavy (non-hydrogen) atoms. The molecule has 0 aliphatic rings. The fraction of sp³-hybridized carbons (Fsp3) is 0.500. The number of hydrogen-bond donors (Lipinski definition) is 2. The van der Waals surface area contributed by atoms with Gasteiger partial charge in [0.15, 0.2) is 0 Å². The van der Waals surface area contributed by atoms with E-state index >= 15 is 0 Å². The molecule has 2 unspecified atom stereocenters. The molecule has 0 fully saturated rings. The van der Waals surface area contributed by atoms with Gasteiger partial charge >= 0.3 is 0 Å². The van der Waals surface area contributed by atoms with Crippen LogP contribution >= 0.6 is 11.8 Å². The number of thioether (sulfide) groups is 1. The van der Waals surface area contributed by atoms with Crippen LogP contribution in [-0.4, -0.2) is 22.6 Å². The van der Waals surface area contributed by atoms with E-state index < -0.39 is 6.10 Å². The SMILES string of the molecule is CC(CO)CSc1ccc(C(C)O)cc1. The Hall–Kier alpha value is -0.510. The lowest BCUT2D eigenvalue weighted by atomic mass is 10.1. The Bertz CT molecular complexity index is 282. The second-order valence-electron chi connectivity index (χ2n) is 3.84. The summed E-state index contributed by atoms with van der Waals surface area (Å²) in [6.45, 7) is 4.02. The Labute approximate surface area is 95.3 Å². The fourth-order valence-corrected chi connectivity index (χ4v) is 2.04. The number of hydrogen-bond acceptors (Lipinski definition) is 3. The van der Waals surface area contributed by atoms with E-state index in [1.165, 1.54) is 4.90 Å². The lowest BCUT2D eigenvalue weighted by Gasteiger charge is -2.08. The average Bonchev–Trinajstić information content (AvgIpc) is 2.26. The van der Waals surface area contributed by atoms with Crippen molar-refractivity contribution in [2.75, 3.05) is 12.4 Å². The fourth-order valence-electron chi connectivity index (χ4n) is 1.13. The van der Waals surface area contributed by atoms with E-state index in [9.17, 15) is 5.11 Å². The molecule has 2 atom stereocenters. The molecule has 0 heterocycles. The van der Waals surface area contributed by atoms with Crippen LogP contribution in [0.3, 0.4) is 0 Å². The summed E-state index contributed by atoms with van der Waals surface area (Å²) in [5.41, 5.74) is 0.939. The highest BCUT2D eigenvalue weighted by atomic mass is 32.2. The standard InChI is InChI=1S/C12H18O2S/c1-9(7-13)8-15-12-5-3-11(4-6-12)10(2)14/h3-6,9-10,13-14H,7-8H2,1-2H3. The van der Waals surface area contributed by atoms with Gasteiger partial charge in [-0.05, 0) is 30.5 Å². The van der Waals surface area contributed by atoms with Crippen molar-refractivity contribution in [3.8, 4) is 0 Å². The summed E-state index contributed by atoms with van der Waals surface area (Å²) >= 11 is 1.73. The van der Waals surface area contributed by atoms with Crippen LogP contribution in [0.15, 0.2) is 29.2 Å². The molecule has 0 radical (unpaired) electrons. The highest BCUT2D eigenvalue weighted by molar-refractivity contribution is 7.99. The van der Waals surface area contributed by atoms with E-state index in [-0.39, 0.29) is 6.61 Å². The van der Waals surface area contributed by atoms with Gasteiger partial charge in [0.25, 0.3) is 0 Å². The maximum absolute atomic E-state index is 9.33. The molecule has 0 bridgehead atoms. The third-order valence-corrected chi connectivity index (χ3v) is 3.55. The summed E-state index contributed by atoms with van der Waals surface area (Å²) in [4.78, 5) is 1.18. The molecule has 0 saturated heterocycles. The molecule has 0 amide bonds. The molecular weight excluding hydrogens is 208 g/mol. The third-order valence-electron chi connectivity index (χ3n) is 2.21. The van der Waals surface area contributed by atoms with Crippen LogP contribution in [0.1, 0.15) is 25.5 Å². The van der Waals surface area contributed by atoms with E-state index in [0.29, 0.717) is 5.92 Å². The van der Waals surface area contributed by atoms with Crippen molar-refractivity contribution < 1.29 is 10.2 Å². The highest BCUT2D eigenvalue weighted by Gasteiger charge is 2.03. The number of benzene rings is 1. The van der Waals surface area contributed by atoms with Gasteiger partial charge in [-0.1, -0.05) is 19.1 Å². The van der Waals surface area contributed by atoms with Crippen LogP contribution in [0.25, 0.3) is 0 Å². The summed E-state index contributed by atoms with van der Waals surface area (Å²) < 4.78 is 0. The maximum atomic E-state index is 9.33. The molecule has 0 spiro atoms. The van der Waals surface area contributed by atoms with Crippen molar-refractivity contribution >= 4 is 11.8 Å². The summed E-state index contributed by atoms with van der Waals surface area (Å²) in [6, 6.07) is 7.90. The van der Waals surface area contributed by atoms with Gasteiger partial charge in [-0.3, -0.25) is 0 Å². The minimum Gasteiger partial charge on any atom is -0.396 e. The van der Waals surface area contributed by atoms with Crippen LogP contribution in [0.4, 0.5) is 0 Å². The minimum absolute atomic E-state index is 0.235. The van der Waals surface area contributed by atoms with Crippen molar-refractivity contribution in [1.82, 2.24) is 0 Å². The van der Waals surface area contributed by atoms with Crippen molar-refractivity contribution in [1.29, 1.82) is 0 Å². The van der Waals surface area contributed by atoms with E-state index in [2.05, 4.69) is 0 Å². The number of aliphatic hydroxyl groups is 2. The highest BCUT2D eigenvalue weighted by Crippen LogP contribution is 2.22. The van der Waals surface area contributed by atoms with E-state index in [0.717, 1.165) is 11.3 Å². The molecule has 3 heteroatoms. The zero-order chi connectivity index (χ0) is 11.3. The van der Waals surface area contributed by atoms with Crippen LogP contribution < -0.4 is 0 Å². The Morgan fingerprint density at radius 3 is 2.27 bits per heavy atom. The zero-order valence-corrected chi connectivity index (χ0v) is 10.00.